The Morgan fingerprint density at radius 1 is 1.50 bits per heavy atom. The van der Waals surface area contributed by atoms with E-state index in [1.165, 1.54) is 0 Å². The summed E-state index contributed by atoms with van der Waals surface area (Å²) in [5.74, 6) is -3.25. The molecule has 0 heterocycles. The van der Waals surface area contributed by atoms with Crippen molar-refractivity contribution in [2.75, 3.05) is 7.11 Å². The van der Waals surface area contributed by atoms with Gasteiger partial charge in [0.25, 0.3) is 0 Å². The maximum Gasteiger partial charge on any atom is 0.310 e. The van der Waals surface area contributed by atoms with Gasteiger partial charge in [-0.3, -0.25) is 14.9 Å². The molecule has 5 nitrogen and oxygen atoms in total. The molecule has 86 valence electrons. The highest BCUT2D eigenvalue weighted by Gasteiger charge is 2.23. The Hall–Kier alpha value is -2.05. The number of hydrogen-bond acceptors (Lipinski definition) is 4. The van der Waals surface area contributed by atoms with Crippen LogP contribution in [0.25, 0.3) is 0 Å². The average Bonchev–Trinajstić information content (AvgIpc) is 2.23. The van der Waals surface area contributed by atoms with Crippen molar-refractivity contribution in [2.45, 2.75) is 6.42 Å². The maximum absolute atomic E-state index is 13.4. The number of ether oxygens (including phenoxy) is 1. The third-order valence-electron chi connectivity index (χ3n) is 1.91. The number of carbonyl (C=O) groups is 1. The van der Waals surface area contributed by atoms with Gasteiger partial charge in [0, 0.05) is 11.6 Å². The van der Waals surface area contributed by atoms with E-state index in [0.717, 1.165) is 13.2 Å². The minimum atomic E-state index is -1.35. The van der Waals surface area contributed by atoms with E-state index in [1.54, 1.807) is 0 Å². The Morgan fingerprint density at radius 2 is 2.12 bits per heavy atom. The molecule has 0 atom stereocenters. The average molecular weight is 231 g/mol. The molecule has 0 aliphatic heterocycles. The van der Waals surface area contributed by atoms with Gasteiger partial charge < -0.3 is 4.74 Å². The summed E-state index contributed by atoms with van der Waals surface area (Å²) in [4.78, 5) is 20.2. The van der Waals surface area contributed by atoms with Crippen LogP contribution in [-0.2, 0) is 16.0 Å². The normalized spacial score (nSPS) is 9.94. The van der Waals surface area contributed by atoms with Crippen LogP contribution in [0.1, 0.15) is 5.56 Å². The van der Waals surface area contributed by atoms with Gasteiger partial charge in [-0.2, -0.15) is 4.39 Å². The zero-order chi connectivity index (χ0) is 12.3. The summed E-state index contributed by atoms with van der Waals surface area (Å²) >= 11 is 0. The van der Waals surface area contributed by atoms with E-state index in [0.29, 0.717) is 6.07 Å². The van der Waals surface area contributed by atoms with E-state index in [2.05, 4.69) is 4.74 Å². The first-order valence-corrected chi connectivity index (χ1v) is 4.15. The fourth-order valence-corrected chi connectivity index (χ4v) is 1.10. The molecule has 0 aliphatic carbocycles. The van der Waals surface area contributed by atoms with Crippen molar-refractivity contribution < 1.29 is 23.2 Å². The van der Waals surface area contributed by atoms with E-state index in [1.807, 2.05) is 0 Å². The lowest BCUT2D eigenvalue weighted by molar-refractivity contribution is -0.387. The fraction of sp³-hybridized carbons (Fsp3) is 0.222. The van der Waals surface area contributed by atoms with Crippen molar-refractivity contribution in [2.24, 2.45) is 0 Å². The molecule has 0 unspecified atom stereocenters. The van der Waals surface area contributed by atoms with Gasteiger partial charge in [0.1, 0.15) is 5.82 Å². The topological polar surface area (TPSA) is 69.4 Å². The van der Waals surface area contributed by atoms with Crippen molar-refractivity contribution in [3.63, 3.8) is 0 Å². The molecule has 1 aromatic carbocycles. The third-order valence-corrected chi connectivity index (χ3v) is 1.91. The molecule has 16 heavy (non-hydrogen) atoms. The maximum atomic E-state index is 13.4. The van der Waals surface area contributed by atoms with E-state index < -0.39 is 40.2 Å². The first-order chi connectivity index (χ1) is 7.47. The first-order valence-electron chi connectivity index (χ1n) is 4.15. The molecule has 0 N–H and O–H groups in total. The molecule has 0 saturated heterocycles. The molecule has 1 rings (SSSR count). The summed E-state index contributed by atoms with van der Waals surface area (Å²) in [6.45, 7) is 0. The van der Waals surface area contributed by atoms with E-state index >= 15 is 0 Å². The Bertz CT molecular complexity index is 447. The SMILES string of the molecule is COC(=O)Cc1c(F)ccc([N+](=O)[O-])c1F. The van der Waals surface area contributed by atoms with Crippen molar-refractivity contribution in [3.05, 3.63) is 39.4 Å². The van der Waals surface area contributed by atoms with Crippen LogP contribution in [-0.4, -0.2) is 18.0 Å². The zero-order valence-corrected chi connectivity index (χ0v) is 8.20. The van der Waals surface area contributed by atoms with Crippen LogP contribution < -0.4 is 0 Å². The molecule has 0 fully saturated rings. The summed E-state index contributed by atoms with van der Waals surface area (Å²) in [6, 6.07) is 1.44. The minimum absolute atomic E-state index is 0.666. The number of nitro groups is 1. The van der Waals surface area contributed by atoms with Gasteiger partial charge in [-0.05, 0) is 6.07 Å². The second kappa shape index (κ2) is 4.65. The van der Waals surface area contributed by atoms with Crippen molar-refractivity contribution in [1.29, 1.82) is 0 Å². The summed E-state index contributed by atoms with van der Waals surface area (Å²) in [5, 5.41) is 10.4. The lowest BCUT2D eigenvalue weighted by atomic mass is 10.1. The van der Waals surface area contributed by atoms with Crippen molar-refractivity contribution >= 4 is 11.7 Å². The summed E-state index contributed by atoms with van der Waals surface area (Å²) in [6.07, 6.45) is -0.685. The lowest BCUT2D eigenvalue weighted by Crippen LogP contribution is -2.09. The molecular formula is C9H7F2NO4. The second-order valence-electron chi connectivity index (χ2n) is 2.87. The zero-order valence-electron chi connectivity index (χ0n) is 8.20. The number of methoxy groups -OCH3 is 1. The summed E-state index contributed by atoms with van der Waals surface area (Å²) in [5.41, 5.74) is -1.54. The first kappa shape index (κ1) is 12.0. The molecule has 0 radical (unpaired) electrons. The van der Waals surface area contributed by atoms with Crippen LogP contribution in [0, 0.1) is 21.7 Å². The molecular weight excluding hydrogens is 224 g/mol. The molecule has 0 aromatic heterocycles. The number of benzene rings is 1. The summed E-state index contributed by atoms with van der Waals surface area (Å²) in [7, 11) is 1.05. The predicted molar refractivity (Wildman–Crippen MR) is 48.7 cm³/mol. The number of halogens is 2. The van der Waals surface area contributed by atoms with Gasteiger partial charge in [-0.15, -0.1) is 0 Å². The number of nitrogens with zero attached hydrogens (tertiary/aromatic N) is 1. The Balaban J connectivity index is 3.21. The van der Waals surface area contributed by atoms with Gasteiger partial charge in [-0.1, -0.05) is 0 Å². The standard InChI is InChI=1S/C9H7F2NO4/c1-16-8(13)4-5-6(10)2-3-7(9(5)11)12(14)15/h2-3H,4H2,1H3. The second-order valence-corrected chi connectivity index (χ2v) is 2.87. The van der Waals surface area contributed by atoms with Gasteiger partial charge >= 0.3 is 11.7 Å². The van der Waals surface area contributed by atoms with Crippen LogP contribution >= 0.6 is 0 Å². The van der Waals surface area contributed by atoms with E-state index in [9.17, 15) is 23.7 Å². The van der Waals surface area contributed by atoms with Crippen LogP contribution in [0.4, 0.5) is 14.5 Å². The molecule has 0 amide bonds. The van der Waals surface area contributed by atoms with Crippen LogP contribution in [0.2, 0.25) is 0 Å². The third kappa shape index (κ3) is 2.30. The number of esters is 1. The monoisotopic (exact) mass is 231 g/mol. The molecule has 0 bridgehead atoms. The molecule has 1 aromatic rings. The van der Waals surface area contributed by atoms with Gasteiger partial charge in [-0.25, -0.2) is 4.39 Å². The quantitative estimate of drug-likeness (QED) is 0.450. The van der Waals surface area contributed by atoms with E-state index in [-0.39, 0.29) is 0 Å². The largest absolute Gasteiger partial charge is 0.469 e. The minimum Gasteiger partial charge on any atom is -0.469 e. The number of nitro benzene ring substituents is 1. The lowest BCUT2D eigenvalue weighted by Gasteiger charge is -2.03. The molecule has 0 saturated carbocycles. The smallest absolute Gasteiger partial charge is 0.310 e. The van der Waals surface area contributed by atoms with Crippen molar-refractivity contribution in [3.8, 4) is 0 Å². The predicted octanol–water partition coefficient (Wildman–Crippen LogP) is 1.59. The van der Waals surface area contributed by atoms with Crippen LogP contribution in [0.3, 0.4) is 0 Å². The number of rotatable bonds is 3. The number of carbonyl (C=O) groups excluding carboxylic acids is 1. The highest BCUT2D eigenvalue weighted by molar-refractivity contribution is 5.72. The van der Waals surface area contributed by atoms with E-state index in [4.69, 9.17) is 0 Å². The van der Waals surface area contributed by atoms with Gasteiger partial charge in [0.2, 0.25) is 5.82 Å². The van der Waals surface area contributed by atoms with Crippen LogP contribution in [0.5, 0.6) is 0 Å². The highest BCUT2D eigenvalue weighted by Crippen LogP contribution is 2.23. The molecule has 0 aliphatic rings. The summed E-state index contributed by atoms with van der Waals surface area (Å²) < 4.78 is 30.7. The highest BCUT2D eigenvalue weighted by atomic mass is 19.1. The molecule has 0 spiro atoms. The van der Waals surface area contributed by atoms with Gasteiger partial charge in [0.15, 0.2) is 0 Å². The molecule has 7 heteroatoms. The number of hydrogen-bond donors (Lipinski definition) is 0. The van der Waals surface area contributed by atoms with Gasteiger partial charge in [0.05, 0.1) is 18.5 Å². The van der Waals surface area contributed by atoms with Crippen LogP contribution in [0.15, 0.2) is 12.1 Å². The van der Waals surface area contributed by atoms with Crippen molar-refractivity contribution in [1.82, 2.24) is 0 Å². The fourth-order valence-electron chi connectivity index (χ4n) is 1.10. The Morgan fingerprint density at radius 3 is 2.62 bits per heavy atom. The Kier molecular flexibility index (Phi) is 3.49. The Labute approximate surface area is 88.8 Å².